The molecule has 2 heterocycles. The van der Waals surface area contributed by atoms with Crippen LogP contribution < -0.4 is 10.6 Å². The van der Waals surface area contributed by atoms with Gasteiger partial charge in [0.25, 0.3) is 0 Å². The maximum atomic E-state index is 13.2. The second kappa shape index (κ2) is 7.65. The van der Waals surface area contributed by atoms with Crippen LogP contribution in [-0.4, -0.2) is 35.6 Å². The number of nitrogens with zero attached hydrogens (tertiary/aromatic N) is 2. The van der Waals surface area contributed by atoms with Gasteiger partial charge in [0, 0.05) is 31.7 Å². The van der Waals surface area contributed by atoms with Crippen LogP contribution in [0, 0.1) is 11.7 Å². The number of rotatable bonds is 5. The smallest absolute Gasteiger partial charge is 0.320 e. The van der Waals surface area contributed by atoms with E-state index in [0.29, 0.717) is 31.3 Å². The standard InChI is InChI=1S/C18H23FN4O2/c1-3-15-16(13-4-6-14(19)7-5-13)17(23(2)22-15)21-18(24)20-10-12-8-9-25-11-12/h4-7,12H,3,8-11H2,1-2H3,(H2,20,21,24)/t12-/m1/s1. The van der Waals surface area contributed by atoms with E-state index < -0.39 is 0 Å². The molecular formula is C18H23FN4O2. The molecule has 0 spiro atoms. The Balaban J connectivity index is 1.78. The van der Waals surface area contributed by atoms with Gasteiger partial charge in [-0.05, 0) is 30.5 Å². The number of amides is 2. The lowest BCUT2D eigenvalue weighted by molar-refractivity contribution is 0.185. The van der Waals surface area contributed by atoms with Gasteiger partial charge >= 0.3 is 6.03 Å². The van der Waals surface area contributed by atoms with Crippen molar-refractivity contribution in [1.29, 1.82) is 0 Å². The van der Waals surface area contributed by atoms with Gasteiger partial charge in [0.1, 0.15) is 11.6 Å². The van der Waals surface area contributed by atoms with Gasteiger partial charge in [-0.3, -0.25) is 10.00 Å². The molecule has 3 rings (SSSR count). The number of halogens is 1. The van der Waals surface area contributed by atoms with Gasteiger partial charge in [-0.2, -0.15) is 5.10 Å². The molecule has 0 radical (unpaired) electrons. The van der Waals surface area contributed by atoms with Crippen molar-refractivity contribution in [3.8, 4) is 11.1 Å². The van der Waals surface area contributed by atoms with Crippen LogP contribution in [0.3, 0.4) is 0 Å². The Morgan fingerprint density at radius 3 is 2.80 bits per heavy atom. The summed E-state index contributed by atoms with van der Waals surface area (Å²) in [5, 5.41) is 10.2. The minimum absolute atomic E-state index is 0.277. The van der Waals surface area contributed by atoms with Crippen molar-refractivity contribution < 1.29 is 13.9 Å². The lowest BCUT2D eigenvalue weighted by Crippen LogP contribution is -2.34. The quantitative estimate of drug-likeness (QED) is 0.875. The minimum Gasteiger partial charge on any atom is -0.381 e. The molecule has 0 aliphatic carbocycles. The summed E-state index contributed by atoms with van der Waals surface area (Å²) < 4.78 is 20.2. The second-order valence-corrected chi connectivity index (χ2v) is 6.22. The Morgan fingerprint density at radius 1 is 1.40 bits per heavy atom. The fourth-order valence-electron chi connectivity index (χ4n) is 3.02. The highest BCUT2D eigenvalue weighted by Crippen LogP contribution is 2.32. The van der Waals surface area contributed by atoms with Gasteiger partial charge in [-0.1, -0.05) is 19.1 Å². The number of anilines is 1. The third kappa shape index (κ3) is 3.99. The molecule has 1 aliphatic heterocycles. The van der Waals surface area contributed by atoms with Crippen molar-refractivity contribution in [3.63, 3.8) is 0 Å². The number of benzene rings is 1. The summed E-state index contributed by atoms with van der Waals surface area (Å²) in [5.41, 5.74) is 2.50. The first-order valence-electron chi connectivity index (χ1n) is 8.53. The van der Waals surface area contributed by atoms with Gasteiger partial charge in [-0.15, -0.1) is 0 Å². The summed E-state index contributed by atoms with van der Waals surface area (Å²) in [6.45, 7) is 4.02. The molecule has 25 heavy (non-hydrogen) atoms. The van der Waals surface area contributed by atoms with E-state index >= 15 is 0 Å². The normalized spacial score (nSPS) is 16.8. The Labute approximate surface area is 146 Å². The molecule has 134 valence electrons. The molecule has 2 aromatic rings. The summed E-state index contributed by atoms with van der Waals surface area (Å²) in [7, 11) is 1.78. The molecule has 2 amide bonds. The van der Waals surface area contributed by atoms with Crippen molar-refractivity contribution in [2.75, 3.05) is 25.1 Å². The van der Waals surface area contributed by atoms with Gasteiger partial charge < -0.3 is 10.1 Å². The zero-order valence-electron chi connectivity index (χ0n) is 14.5. The number of nitrogens with one attached hydrogen (secondary N) is 2. The largest absolute Gasteiger partial charge is 0.381 e. The van der Waals surface area contributed by atoms with Gasteiger partial charge in [0.15, 0.2) is 0 Å². The molecule has 1 saturated heterocycles. The third-order valence-corrected chi connectivity index (χ3v) is 4.39. The molecule has 0 unspecified atom stereocenters. The van der Waals surface area contributed by atoms with E-state index in [-0.39, 0.29) is 11.8 Å². The Kier molecular flexibility index (Phi) is 5.33. The van der Waals surface area contributed by atoms with Gasteiger partial charge in [-0.25, -0.2) is 9.18 Å². The number of carbonyl (C=O) groups excluding carboxylic acids is 1. The highest BCUT2D eigenvalue weighted by Gasteiger charge is 2.20. The number of hydrogen-bond acceptors (Lipinski definition) is 3. The summed E-state index contributed by atoms with van der Waals surface area (Å²) >= 11 is 0. The van der Waals surface area contributed by atoms with E-state index in [1.165, 1.54) is 12.1 Å². The molecule has 1 aromatic heterocycles. The van der Waals surface area contributed by atoms with E-state index in [1.54, 1.807) is 23.9 Å². The first-order valence-corrected chi connectivity index (χ1v) is 8.53. The monoisotopic (exact) mass is 346 g/mol. The Hall–Kier alpha value is -2.41. The predicted molar refractivity (Wildman–Crippen MR) is 93.9 cm³/mol. The average molecular weight is 346 g/mol. The zero-order valence-corrected chi connectivity index (χ0v) is 14.5. The molecule has 1 aliphatic rings. The summed E-state index contributed by atoms with van der Waals surface area (Å²) in [5.74, 6) is 0.667. The van der Waals surface area contributed by atoms with Crippen LogP contribution in [-0.2, 0) is 18.2 Å². The summed E-state index contributed by atoms with van der Waals surface area (Å²) in [6, 6.07) is 5.94. The van der Waals surface area contributed by atoms with Crippen molar-refractivity contribution in [2.24, 2.45) is 13.0 Å². The number of ether oxygens (including phenoxy) is 1. The lowest BCUT2D eigenvalue weighted by atomic mass is 10.0. The van der Waals surface area contributed by atoms with Crippen molar-refractivity contribution >= 4 is 11.8 Å². The third-order valence-electron chi connectivity index (χ3n) is 4.39. The van der Waals surface area contributed by atoms with Crippen molar-refractivity contribution in [1.82, 2.24) is 15.1 Å². The maximum Gasteiger partial charge on any atom is 0.320 e. The van der Waals surface area contributed by atoms with Crippen LogP contribution in [0.5, 0.6) is 0 Å². The average Bonchev–Trinajstić information content (AvgIpc) is 3.22. The number of hydrogen-bond donors (Lipinski definition) is 2. The van der Waals surface area contributed by atoms with Crippen LogP contribution in [0.4, 0.5) is 15.0 Å². The van der Waals surface area contributed by atoms with Crippen LogP contribution >= 0.6 is 0 Å². The lowest BCUT2D eigenvalue weighted by Gasteiger charge is -2.12. The van der Waals surface area contributed by atoms with Crippen LogP contribution in [0.1, 0.15) is 19.0 Å². The highest BCUT2D eigenvalue weighted by molar-refractivity contribution is 5.93. The maximum absolute atomic E-state index is 13.2. The van der Waals surface area contributed by atoms with E-state index in [2.05, 4.69) is 15.7 Å². The van der Waals surface area contributed by atoms with E-state index in [4.69, 9.17) is 4.74 Å². The van der Waals surface area contributed by atoms with E-state index in [9.17, 15) is 9.18 Å². The van der Waals surface area contributed by atoms with Crippen molar-refractivity contribution in [2.45, 2.75) is 19.8 Å². The number of aromatic nitrogens is 2. The topological polar surface area (TPSA) is 68.2 Å². The SMILES string of the molecule is CCc1nn(C)c(NC(=O)NC[C@H]2CCOC2)c1-c1ccc(F)cc1. The molecular weight excluding hydrogens is 323 g/mol. The molecule has 1 atom stereocenters. The van der Waals surface area contributed by atoms with E-state index in [1.807, 2.05) is 6.92 Å². The molecule has 1 fully saturated rings. The zero-order chi connectivity index (χ0) is 17.8. The van der Waals surface area contributed by atoms with Crippen molar-refractivity contribution in [3.05, 3.63) is 35.8 Å². The Morgan fingerprint density at radius 2 is 2.16 bits per heavy atom. The number of carbonyl (C=O) groups is 1. The first kappa shape index (κ1) is 17.4. The molecule has 0 bridgehead atoms. The highest BCUT2D eigenvalue weighted by atomic mass is 19.1. The van der Waals surface area contributed by atoms with E-state index in [0.717, 1.165) is 29.8 Å². The molecule has 6 nitrogen and oxygen atoms in total. The minimum atomic E-state index is -0.295. The van der Waals surface area contributed by atoms with Gasteiger partial charge in [0.2, 0.25) is 0 Å². The molecule has 7 heteroatoms. The van der Waals surface area contributed by atoms with Crippen LogP contribution in [0.25, 0.3) is 11.1 Å². The molecule has 0 saturated carbocycles. The molecule has 1 aromatic carbocycles. The van der Waals surface area contributed by atoms with Crippen LogP contribution in [0.15, 0.2) is 24.3 Å². The summed E-state index contributed by atoms with van der Waals surface area (Å²) in [4.78, 5) is 12.3. The molecule has 2 N–H and O–H groups in total. The fraction of sp³-hybridized carbons (Fsp3) is 0.444. The van der Waals surface area contributed by atoms with Gasteiger partial charge in [0.05, 0.1) is 12.3 Å². The second-order valence-electron chi connectivity index (χ2n) is 6.22. The number of aryl methyl sites for hydroxylation is 2. The Bertz CT molecular complexity index is 736. The summed E-state index contributed by atoms with van der Waals surface area (Å²) in [6.07, 6.45) is 1.68. The fourth-order valence-corrected chi connectivity index (χ4v) is 3.02. The predicted octanol–water partition coefficient (Wildman–Crippen LogP) is 2.95. The number of urea groups is 1. The first-order chi connectivity index (χ1) is 12.1. The van der Waals surface area contributed by atoms with Crippen LogP contribution in [0.2, 0.25) is 0 Å².